The molecular weight excluding hydrogens is 272 g/mol. The molecule has 1 aromatic heterocycles. The molecule has 1 saturated carbocycles. The Hall–Kier alpha value is -1.03. The number of hydrazine groups is 1. The number of rotatable bonds is 3. The van der Waals surface area contributed by atoms with Crippen LogP contribution >= 0.6 is 11.6 Å². The van der Waals surface area contributed by atoms with Crippen LogP contribution in [0, 0.1) is 11.8 Å². The highest BCUT2D eigenvalue weighted by Crippen LogP contribution is 2.39. The maximum Gasteiger partial charge on any atom is 0.152 e. The number of benzene rings is 1. The first-order chi connectivity index (χ1) is 9.69. The summed E-state index contributed by atoms with van der Waals surface area (Å²) in [5, 5.41) is 1.69. The van der Waals surface area contributed by atoms with Gasteiger partial charge >= 0.3 is 0 Å². The molecule has 0 radical (unpaired) electrons. The van der Waals surface area contributed by atoms with Gasteiger partial charge in [-0.15, -0.1) is 0 Å². The number of para-hydroxylation sites is 1. The van der Waals surface area contributed by atoms with Crippen molar-refractivity contribution in [1.82, 2.24) is 5.43 Å². The molecule has 0 bridgehead atoms. The number of furan rings is 1. The number of halogens is 1. The molecule has 0 aliphatic heterocycles. The fourth-order valence-electron chi connectivity index (χ4n) is 3.44. The normalized spacial score (nSPS) is 24.9. The van der Waals surface area contributed by atoms with Crippen LogP contribution < -0.4 is 11.3 Å². The van der Waals surface area contributed by atoms with E-state index >= 15 is 0 Å². The molecule has 1 aliphatic rings. The average molecular weight is 293 g/mol. The van der Waals surface area contributed by atoms with E-state index in [9.17, 15) is 0 Å². The molecule has 1 heterocycles. The third-order valence-electron chi connectivity index (χ3n) is 4.45. The van der Waals surface area contributed by atoms with E-state index in [0.29, 0.717) is 10.9 Å². The van der Waals surface area contributed by atoms with Crippen LogP contribution in [0.15, 0.2) is 28.7 Å². The Bertz CT molecular complexity index is 595. The van der Waals surface area contributed by atoms with Crippen molar-refractivity contribution in [3.05, 3.63) is 35.0 Å². The summed E-state index contributed by atoms with van der Waals surface area (Å²) in [6, 6.07) is 7.94. The molecule has 3 rings (SSSR count). The lowest BCUT2D eigenvalue weighted by molar-refractivity contribution is 0.208. The minimum absolute atomic E-state index is 0.0706. The summed E-state index contributed by atoms with van der Waals surface area (Å²) in [6.45, 7) is 2.31. The predicted octanol–water partition coefficient (Wildman–Crippen LogP) is 4.42. The highest BCUT2D eigenvalue weighted by atomic mass is 35.5. The minimum Gasteiger partial charge on any atom is -0.458 e. The topological polar surface area (TPSA) is 51.2 Å². The van der Waals surface area contributed by atoms with Crippen LogP contribution in [0.25, 0.3) is 11.0 Å². The molecule has 0 amide bonds. The van der Waals surface area contributed by atoms with Crippen molar-refractivity contribution in [2.45, 2.75) is 38.6 Å². The van der Waals surface area contributed by atoms with Crippen LogP contribution in [-0.2, 0) is 0 Å². The van der Waals surface area contributed by atoms with Crippen molar-refractivity contribution >= 4 is 22.6 Å². The van der Waals surface area contributed by atoms with Crippen molar-refractivity contribution in [3.8, 4) is 0 Å². The van der Waals surface area contributed by atoms with Crippen molar-refractivity contribution in [2.24, 2.45) is 17.7 Å². The second-order valence-electron chi connectivity index (χ2n) is 5.98. The van der Waals surface area contributed by atoms with Gasteiger partial charge in [0.15, 0.2) is 5.58 Å². The Morgan fingerprint density at radius 3 is 2.95 bits per heavy atom. The number of fused-ring (bicyclic) bond motifs is 1. The fourth-order valence-corrected chi connectivity index (χ4v) is 3.66. The van der Waals surface area contributed by atoms with Gasteiger partial charge in [0.2, 0.25) is 0 Å². The van der Waals surface area contributed by atoms with Gasteiger partial charge in [-0.25, -0.2) is 5.43 Å². The molecule has 20 heavy (non-hydrogen) atoms. The first kappa shape index (κ1) is 13.9. The zero-order chi connectivity index (χ0) is 14.1. The Morgan fingerprint density at radius 1 is 1.40 bits per heavy atom. The summed E-state index contributed by atoms with van der Waals surface area (Å²) in [4.78, 5) is 0. The predicted molar refractivity (Wildman–Crippen MR) is 82.4 cm³/mol. The largest absolute Gasteiger partial charge is 0.458 e. The van der Waals surface area contributed by atoms with Gasteiger partial charge in [-0.05, 0) is 36.8 Å². The summed E-state index contributed by atoms with van der Waals surface area (Å²) in [5.74, 6) is 7.99. The van der Waals surface area contributed by atoms with Crippen LogP contribution in [0.5, 0.6) is 0 Å². The van der Waals surface area contributed by atoms with E-state index in [0.717, 1.165) is 22.6 Å². The maximum atomic E-state index is 6.18. The molecular formula is C16H21ClN2O. The molecule has 3 N–H and O–H groups in total. The number of nitrogens with two attached hydrogens (primary N) is 1. The van der Waals surface area contributed by atoms with Crippen molar-refractivity contribution in [1.29, 1.82) is 0 Å². The third kappa shape index (κ3) is 2.58. The first-order valence-corrected chi connectivity index (χ1v) is 7.71. The Morgan fingerprint density at radius 2 is 2.25 bits per heavy atom. The summed E-state index contributed by atoms with van der Waals surface area (Å²) in [5.41, 5.74) is 3.71. The molecule has 3 nitrogen and oxygen atoms in total. The third-order valence-corrected chi connectivity index (χ3v) is 4.75. The molecule has 2 aromatic rings. The van der Waals surface area contributed by atoms with Gasteiger partial charge in [0.05, 0.1) is 11.1 Å². The Labute approximate surface area is 124 Å². The van der Waals surface area contributed by atoms with Crippen LogP contribution in [-0.4, -0.2) is 0 Å². The highest BCUT2D eigenvalue weighted by molar-refractivity contribution is 6.34. The monoisotopic (exact) mass is 292 g/mol. The number of nitrogens with one attached hydrogen (secondary N) is 1. The van der Waals surface area contributed by atoms with Crippen LogP contribution in [0.3, 0.4) is 0 Å². The molecule has 1 aromatic carbocycles. The lowest BCUT2D eigenvalue weighted by Gasteiger charge is -2.31. The molecule has 1 aliphatic carbocycles. The van der Waals surface area contributed by atoms with E-state index in [4.69, 9.17) is 21.9 Å². The minimum atomic E-state index is 0.0706. The van der Waals surface area contributed by atoms with Crippen LogP contribution in [0.2, 0.25) is 5.02 Å². The van der Waals surface area contributed by atoms with E-state index in [-0.39, 0.29) is 6.04 Å². The maximum absolute atomic E-state index is 6.18. The zero-order valence-electron chi connectivity index (χ0n) is 11.7. The molecule has 108 valence electrons. The molecule has 1 fully saturated rings. The second kappa shape index (κ2) is 5.76. The van der Waals surface area contributed by atoms with Gasteiger partial charge < -0.3 is 4.42 Å². The lowest BCUT2D eigenvalue weighted by atomic mass is 9.78. The van der Waals surface area contributed by atoms with E-state index in [1.165, 1.54) is 25.7 Å². The highest BCUT2D eigenvalue weighted by Gasteiger charge is 2.29. The molecule has 0 saturated heterocycles. The van der Waals surface area contributed by atoms with Gasteiger partial charge in [0.1, 0.15) is 5.76 Å². The Kier molecular flexibility index (Phi) is 4.01. The van der Waals surface area contributed by atoms with Gasteiger partial charge in [-0.3, -0.25) is 5.84 Å². The van der Waals surface area contributed by atoms with Crippen molar-refractivity contribution < 1.29 is 4.42 Å². The number of hydrogen-bond donors (Lipinski definition) is 2. The van der Waals surface area contributed by atoms with Crippen molar-refractivity contribution in [2.75, 3.05) is 0 Å². The van der Waals surface area contributed by atoms with Crippen molar-refractivity contribution in [3.63, 3.8) is 0 Å². The van der Waals surface area contributed by atoms with Gasteiger partial charge in [-0.1, -0.05) is 43.5 Å². The van der Waals surface area contributed by atoms with E-state index in [2.05, 4.69) is 18.4 Å². The zero-order valence-corrected chi connectivity index (χ0v) is 12.5. The average Bonchev–Trinajstić information content (AvgIpc) is 2.85. The molecule has 4 heteroatoms. The summed E-state index contributed by atoms with van der Waals surface area (Å²) in [7, 11) is 0. The molecule has 3 atom stereocenters. The van der Waals surface area contributed by atoms with Crippen LogP contribution in [0.1, 0.15) is 44.4 Å². The summed E-state index contributed by atoms with van der Waals surface area (Å²) >= 11 is 6.18. The molecule has 3 unspecified atom stereocenters. The SMILES string of the molecule is CC1CCCC(C(NN)c2cc3cccc(Cl)c3o2)C1. The smallest absolute Gasteiger partial charge is 0.152 e. The summed E-state index contributed by atoms with van der Waals surface area (Å²) in [6.07, 6.45) is 4.98. The van der Waals surface area contributed by atoms with Gasteiger partial charge in [0, 0.05) is 5.39 Å². The Balaban J connectivity index is 1.92. The quantitative estimate of drug-likeness (QED) is 0.650. The molecule has 0 spiro atoms. The van der Waals surface area contributed by atoms with E-state index < -0.39 is 0 Å². The summed E-state index contributed by atoms with van der Waals surface area (Å²) < 4.78 is 5.97. The second-order valence-corrected chi connectivity index (χ2v) is 6.39. The lowest BCUT2D eigenvalue weighted by Crippen LogP contribution is -2.35. The fraction of sp³-hybridized carbons (Fsp3) is 0.500. The van der Waals surface area contributed by atoms with E-state index in [1.54, 1.807) is 0 Å². The van der Waals surface area contributed by atoms with Gasteiger partial charge in [0.25, 0.3) is 0 Å². The number of hydrogen-bond acceptors (Lipinski definition) is 3. The first-order valence-electron chi connectivity index (χ1n) is 7.33. The van der Waals surface area contributed by atoms with E-state index in [1.807, 2.05) is 18.2 Å². The van der Waals surface area contributed by atoms with Crippen LogP contribution in [0.4, 0.5) is 0 Å². The standard InChI is InChI=1S/C16H21ClN2O/c1-10-4-2-5-11(8-10)15(19-18)14-9-12-6-3-7-13(17)16(12)20-14/h3,6-7,9-11,15,19H,2,4-5,8,18H2,1H3. The van der Waals surface area contributed by atoms with Gasteiger partial charge in [-0.2, -0.15) is 0 Å².